The maximum atomic E-state index is 12.1. The van der Waals surface area contributed by atoms with Crippen molar-refractivity contribution < 1.29 is 9.90 Å². The first kappa shape index (κ1) is 14.9. The molecule has 0 radical (unpaired) electrons. The number of hydrogen-bond donors (Lipinski definition) is 2. The van der Waals surface area contributed by atoms with Crippen molar-refractivity contribution in [2.75, 3.05) is 13.2 Å². The number of amides is 1. The Kier molecular flexibility index (Phi) is 5.49. The number of carbonyl (C=O) groups excluding carboxylic acids is 1. The van der Waals surface area contributed by atoms with E-state index in [0.717, 1.165) is 32.2 Å². The van der Waals surface area contributed by atoms with E-state index in [1.54, 1.807) is 12.1 Å². The summed E-state index contributed by atoms with van der Waals surface area (Å²) in [6, 6.07) is 9.03. The molecule has 4 nitrogen and oxygen atoms in total. The highest BCUT2D eigenvalue weighted by atomic mass is 32.1. The van der Waals surface area contributed by atoms with E-state index in [2.05, 4.69) is 5.32 Å². The van der Waals surface area contributed by atoms with Crippen LogP contribution in [0, 0.1) is 0 Å². The van der Waals surface area contributed by atoms with Crippen LogP contribution in [-0.2, 0) is 0 Å². The summed E-state index contributed by atoms with van der Waals surface area (Å²) in [7, 11) is 0. The summed E-state index contributed by atoms with van der Waals surface area (Å²) in [5, 5.41) is 12.7. The van der Waals surface area contributed by atoms with Crippen LogP contribution in [-0.4, -0.2) is 40.2 Å². The van der Waals surface area contributed by atoms with E-state index in [4.69, 9.17) is 12.2 Å². The van der Waals surface area contributed by atoms with E-state index in [1.807, 2.05) is 23.1 Å². The van der Waals surface area contributed by atoms with E-state index in [9.17, 15) is 9.90 Å². The van der Waals surface area contributed by atoms with Crippen LogP contribution in [0.1, 0.15) is 36.0 Å². The molecule has 1 aromatic carbocycles. The van der Waals surface area contributed by atoms with Gasteiger partial charge in [0.15, 0.2) is 5.11 Å². The molecule has 0 aromatic heterocycles. The number of benzene rings is 1. The lowest BCUT2D eigenvalue weighted by Gasteiger charge is -2.30. The predicted molar refractivity (Wildman–Crippen MR) is 82.6 cm³/mol. The summed E-state index contributed by atoms with van der Waals surface area (Å²) in [4.78, 5) is 14.0. The third-order valence-electron chi connectivity index (χ3n) is 3.61. The van der Waals surface area contributed by atoms with Gasteiger partial charge in [-0.2, -0.15) is 0 Å². The lowest BCUT2D eigenvalue weighted by molar-refractivity contribution is 0.0968. The van der Waals surface area contributed by atoms with Gasteiger partial charge in [0.2, 0.25) is 0 Å². The van der Waals surface area contributed by atoms with Crippen molar-refractivity contribution in [2.24, 2.45) is 0 Å². The summed E-state index contributed by atoms with van der Waals surface area (Å²) in [6.07, 6.45) is 4.19. The smallest absolute Gasteiger partial charge is 0.257 e. The summed E-state index contributed by atoms with van der Waals surface area (Å²) < 4.78 is 0. The fourth-order valence-electron chi connectivity index (χ4n) is 2.47. The molecule has 1 fully saturated rings. The zero-order chi connectivity index (χ0) is 14.4. The largest absolute Gasteiger partial charge is 0.394 e. The van der Waals surface area contributed by atoms with Gasteiger partial charge in [-0.3, -0.25) is 10.1 Å². The fraction of sp³-hybridized carbons (Fsp3) is 0.467. The van der Waals surface area contributed by atoms with Crippen molar-refractivity contribution >= 4 is 23.2 Å². The minimum Gasteiger partial charge on any atom is -0.394 e. The Bertz CT molecular complexity index is 464. The minimum atomic E-state index is -0.198. The van der Waals surface area contributed by atoms with Crippen molar-refractivity contribution in [2.45, 2.75) is 31.7 Å². The Labute approximate surface area is 124 Å². The van der Waals surface area contributed by atoms with E-state index in [1.165, 1.54) is 0 Å². The number of thiocarbonyl (C=S) groups is 1. The Morgan fingerprint density at radius 1 is 1.30 bits per heavy atom. The molecule has 1 aliphatic rings. The Hall–Kier alpha value is -1.46. The van der Waals surface area contributed by atoms with E-state index < -0.39 is 0 Å². The highest BCUT2D eigenvalue weighted by Crippen LogP contribution is 2.16. The van der Waals surface area contributed by atoms with Gasteiger partial charge in [-0.15, -0.1) is 0 Å². The monoisotopic (exact) mass is 292 g/mol. The quantitative estimate of drug-likeness (QED) is 0.818. The Balaban J connectivity index is 2.01. The van der Waals surface area contributed by atoms with Crippen LogP contribution < -0.4 is 5.32 Å². The number of likely N-dealkylation sites (tertiary alicyclic amines) is 1. The predicted octanol–water partition coefficient (Wildman–Crippen LogP) is 1.94. The average Bonchev–Trinajstić information content (AvgIpc) is 2.73. The summed E-state index contributed by atoms with van der Waals surface area (Å²) in [5.41, 5.74) is 0.588. The van der Waals surface area contributed by atoms with Crippen LogP contribution in [0.5, 0.6) is 0 Å². The van der Waals surface area contributed by atoms with Crippen LogP contribution >= 0.6 is 12.2 Å². The van der Waals surface area contributed by atoms with Gasteiger partial charge in [-0.25, -0.2) is 0 Å². The van der Waals surface area contributed by atoms with Crippen LogP contribution in [0.4, 0.5) is 0 Å². The van der Waals surface area contributed by atoms with Gasteiger partial charge in [0.05, 0.1) is 12.6 Å². The molecular formula is C15H20N2O2S. The second-order valence-electron chi connectivity index (χ2n) is 5.00. The lowest BCUT2D eigenvalue weighted by Crippen LogP contribution is -2.49. The lowest BCUT2D eigenvalue weighted by atomic mass is 10.1. The van der Waals surface area contributed by atoms with Gasteiger partial charge in [0, 0.05) is 12.1 Å². The van der Waals surface area contributed by atoms with Crippen LogP contribution in [0.2, 0.25) is 0 Å². The zero-order valence-electron chi connectivity index (χ0n) is 11.4. The number of rotatable bonds is 2. The Morgan fingerprint density at radius 2 is 2.05 bits per heavy atom. The Morgan fingerprint density at radius 3 is 2.75 bits per heavy atom. The van der Waals surface area contributed by atoms with Crippen LogP contribution in [0.3, 0.4) is 0 Å². The molecule has 0 aliphatic carbocycles. The molecule has 1 aliphatic heterocycles. The standard InChI is InChI=1S/C15H20N2O2S/c18-11-13-9-5-2-6-10-17(13)15(20)16-14(19)12-7-3-1-4-8-12/h1,3-4,7-8,13,18H,2,5-6,9-11H2,(H,16,19,20). The molecule has 1 unspecified atom stereocenters. The molecule has 1 amide bonds. The number of aliphatic hydroxyl groups is 1. The highest BCUT2D eigenvalue weighted by molar-refractivity contribution is 7.80. The van der Waals surface area contributed by atoms with Gasteiger partial charge in [0.25, 0.3) is 5.91 Å². The highest BCUT2D eigenvalue weighted by Gasteiger charge is 2.23. The van der Waals surface area contributed by atoms with Crippen molar-refractivity contribution in [3.05, 3.63) is 35.9 Å². The molecule has 1 saturated heterocycles. The molecule has 108 valence electrons. The maximum absolute atomic E-state index is 12.1. The van der Waals surface area contributed by atoms with Crippen LogP contribution in [0.15, 0.2) is 30.3 Å². The molecule has 2 rings (SSSR count). The topological polar surface area (TPSA) is 52.6 Å². The third-order valence-corrected chi connectivity index (χ3v) is 3.94. The number of aliphatic hydroxyl groups excluding tert-OH is 1. The first-order valence-electron chi connectivity index (χ1n) is 7.00. The third kappa shape index (κ3) is 3.77. The van der Waals surface area contributed by atoms with Crippen molar-refractivity contribution in [1.29, 1.82) is 0 Å². The van der Waals surface area contributed by atoms with Crippen molar-refractivity contribution in [3.8, 4) is 0 Å². The molecular weight excluding hydrogens is 272 g/mol. The SMILES string of the molecule is O=C(NC(=S)N1CCCCCC1CO)c1ccccc1. The maximum Gasteiger partial charge on any atom is 0.257 e. The molecule has 5 heteroatoms. The van der Waals surface area contributed by atoms with Gasteiger partial charge >= 0.3 is 0 Å². The van der Waals surface area contributed by atoms with E-state index in [0.29, 0.717) is 10.7 Å². The number of nitrogens with one attached hydrogen (secondary N) is 1. The normalized spacial score (nSPS) is 19.2. The van der Waals surface area contributed by atoms with Crippen molar-refractivity contribution in [1.82, 2.24) is 10.2 Å². The molecule has 0 spiro atoms. The molecule has 20 heavy (non-hydrogen) atoms. The molecule has 0 bridgehead atoms. The molecule has 1 heterocycles. The second-order valence-corrected chi connectivity index (χ2v) is 5.39. The first-order chi connectivity index (χ1) is 9.72. The van der Waals surface area contributed by atoms with Gasteiger partial charge in [0.1, 0.15) is 0 Å². The summed E-state index contributed by atoms with van der Waals surface area (Å²) in [5.74, 6) is -0.198. The molecule has 2 N–H and O–H groups in total. The molecule has 0 saturated carbocycles. The van der Waals surface area contributed by atoms with E-state index >= 15 is 0 Å². The number of carbonyl (C=O) groups is 1. The van der Waals surface area contributed by atoms with E-state index in [-0.39, 0.29) is 18.6 Å². The number of nitrogens with zero attached hydrogens (tertiary/aromatic N) is 1. The van der Waals surface area contributed by atoms with Gasteiger partial charge in [-0.1, -0.05) is 31.0 Å². The van der Waals surface area contributed by atoms with Crippen molar-refractivity contribution in [3.63, 3.8) is 0 Å². The minimum absolute atomic E-state index is 0.0149. The molecule has 1 atom stereocenters. The molecule has 1 aromatic rings. The summed E-state index contributed by atoms with van der Waals surface area (Å²) >= 11 is 5.34. The van der Waals surface area contributed by atoms with Crippen LogP contribution in [0.25, 0.3) is 0 Å². The van der Waals surface area contributed by atoms with Gasteiger partial charge < -0.3 is 10.0 Å². The summed E-state index contributed by atoms with van der Waals surface area (Å²) in [6.45, 7) is 0.862. The zero-order valence-corrected chi connectivity index (χ0v) is 12.2. The van der Waals surface area contributed by atoms with Gasteiger partial charge in [-0.05, 0) is 37.2 Å². The average molecular weight is 292 g/mol. The second kappa shape index (κ2) is 7.36. The number of hydrogen-bond acceptors (Lipinski definition) is 3. The first-order valence-corrected chi connectivity index (χ1v) is 7.41. The fourth-order valence-corrected chi connectivity index (χ4v) is 2.80.